The lowest BCUT2D eigenvalue weighted by molar-refractivity contribution is 0.631. The van der Waals surface area contributed by atoms with Gasteiger partial charge in [0.1, 0.15) is 0 Å². The summed E-state index contributed by atoms with van der Waals surface area (Å²) in [5, 5.41) is 0. The van der Waals surface area contributed by atoms with Gasteiger partial charge in [0, 0.05) is 22.4 Å². The Bertz CT molecular complexity index is 656. The number of aromatic amines is 1. The average Bonchev–Trinajstić information content (AvgIpc) is 2.90. The van der Waals surface area contributed by atoms with Gasteiger partial charge in [-0.25, -0.2) is 0 Å². The van der Waals surface area contributed by atoms with Crippen LogP contribution in [-0.2, 0) is 5.41 Å². The van der Waals surface area contributed by atoms with Crippen LogP contribution in [0.4, 0.5) is 0 Å². The molecule has 0 saturated carbocycles. The van der Waals surface area contributed by atoms with Crippen molar-refractivity contribution in [3.05, 3.63) is 46.8 Å². The quantitative estimate of drug-likeness (QED) is 0.732. The standard InChI is InChI=1S/C19H25N/c1-11(2)13-7-8-14-15-10-17(12(3)4)20-18(15)19(5,6)16(14)9-13/h7-12,20H,1-6H3. The van der Waals surface area contributed by atoms with E-state index in [2.05, 4.69) is 70.8 Å². The number of H-pyrrole nitrogens is 1. The molecule has 1 nitrogen and oxygen atoms in total. The Morgan fingerprint density at radius 1 is 0.900 bits per heavy atom. The smallest absolute Gasteiger partial charge is 0.0331 e. The molecule has 1 aliphatic carbocycles. The molecule has 1 heterocycles. The van der Waals surface area contributed by atoms with E-state index in [1.807, 2.05) is 0 Å². The van der Waals surface area contributed by atoms with Gasteiger partial charge in [-0.2, -0.15) is 0 Å². The maximum absolute atomic E-state index is 3.68. The first-order valence-corrected chi connectivity index (χ1v) is 7.70. The molecule has 0 unspecified atom stereocenters. The van der Waals surface area contributed by atoms with E-state index in [0.717, 1.165) is 0 Å². The minimum atomic E-state index is 0.0860. The zero-order chi connectivity index (χ0) is 14.7. The highest BCUT2D eigenvalue weighted by Crippen LogP contribution is 2.49. The van der Waals surface area contributed by atoms with E-state index in [1.54, 1.807) is 0 Å². The number of hydrogen-bond donors (Lipinski definition) is 1. The third kappa shape index (κ3) is 1.76. The van der Waals surface area contributed by atoms with Gasteiger partial charge in [-0.1, -0.05) is 59.7 Å². The van der Waals surface area contributed by atoms with E-state index >= 15 is 0 Å². The molecule has 0 amide bonds. The zero-order valence-electron chi connectivity index (χ0n) is 13.5. The Balaban J connectivity index is 2.20. The fourth-order valence-electron chi connectivity index (χ4n) is 3.30. The maximum Gasteiger partial charge on any atom is 0.0331 e. The number of benzene rings is 1. The third-order valence-corrected chi connectivity index (χ3v) is 4.76. The number of hydrogen-bond acceptors (Lipinski definition) is 0. The van der Waals surface area contributed by atoms with Crippen LogP contribution in [0.5, 0.6) is 0 Å². The molecule has 0 bridgehead atoms. The van der Waals surface area contributed by atoms with Crippen molar-refractivity contribution < 1.29 is 0 Å². The van der Waals surface area contributed by atoms with Gasteiger partial charge in [-0.05, 0) is 34.6 Å². The Morgan fingerprint density at radius 3 is 2.20 bits per heavy atom. The Labute approximate surface area is 122 Å². The molecule has 1 N–H and O–H groups in total. The SMILES string of the molecule is CC(C)c1ccc2c(c1)C(C)(C)c1[nH]c(C(C)C)cc1-2. The topological polar surface area (TPSA) is 15.8 Å². The predicted octanol–water partition coefficient (Wildman–Crippen LogP) is 5.57. The summed E-state index contributed by atoms with van der Waals surface area (Å²) < 4.78 is 0. The fraction of sp³-hybridized carbons (Fsp3) is 0.474. The molecule has 106 valence electrons. The largest absolute Gasteiger partial charge is 0.361 e. The van der Waals surface area contributed by atoms with Gasteiger partial charge in [0.05, 0.1) is 0 Å². The van der Waals surface area contributed by atoms with Gasteiger partial charge >= 0.3 is 0 Å². The molecule has 2 aromatic rings. The van der Waals surface area contributed by atoms with Crippen molar-refractivity contribution in [3.8, 4) is 11.1 Å². The molecule has 3 rings (SSSR count). The van der Waals surface area contributed by atoms with Crippen LogP contribution in [-0.4, -0.2) is 4.98 Å². The molecule has 0 fully saturated rings. The molecule has 20 heavy (non-hydrogen) atoms. The highest BCUT2D eigenvalue weighted by molar-refractivity contribution is 5.80. The van der Waals surface area contributed by atoms with Crippen LogP contribution >= 0.6 is 0 Å². The van der Waals surface area contributed by atoms with Crippen LogP contribution in [0.1, 0.15) is 75.9 Å². The van der Waals surface area contributed by atoms with E-state index < -0.39 is 0 Å². The second-order valence-electron chi connectivity index (χ2n) is 7.25. The van der Waals surface area contributed by atoms with Crippen molar-refractivity contribution in [2.24, 2.45) is 0 Å². The number of fused-ring (bicyclic) bond motifs is 3. The van der Waals surface area contributed by atoms with Crippen molar-refractivity contribution in [2.75, 3.05) is 0 Å². The van der Waals surface area contributed by atoms with Gasteiger partial charge < -0.3 is 4.98 Å². The molecular formula is C19H25N. The predicted molar refractivity (Wildman–Crippen MR) is 86.5 cm³/mol. The summed E-state index contributed by atoms with van der Waals surface area (Å²) in [7, 11) is 0. The number of rotatable bonds is 2. The average molecular weight is 267 g/mol. The van der Waals surface area contributed by atoms with Crippen molar-refractivity contribution in [1.29, 1.82) is 0 Å². The number of aromatic nitrogens is 1. The summed E-state index contributed by atoms with van der Waals surface area (Å²) in [5.74, 6) is 1.14. The van der Waals surface area contributed by atoms with Crippen LogP contribution in [0.25, 0.3) is 11.1 Å². The Kier molecular flexibility index (Phi) is 2.86. The summed E-state index contributed by atoms with van der Waals surface area (Å²) in [6.45, 7) is 13.7. The molecule has 1 heteroatoms. The molecule has 1 aliphatic rings. The van der Waals surface area contributed by atoms with Crippen molar-refractivity contribution in [2.45, 2.75) is 58.8 Å². The van der Waals surface area contributed by atoms with Crippen LogP contribution in [0.15, 0.2) is 24.3 Å². The molecule has 1 aromatic carbocycles. The molecule has 0 spiro atoms. The molecule has 0 radical (unpaired) electrons. The first-order valence-electron chi connectivity index (χ1n) is 7.70. The fourth-order valence-corrected chi connectivity index (χ4v) is 3.30. The monoisotopic (exact) mass is 267 g/mol. The van der Waals surface area contributed by atoms with E-state index in [1.165, 1.54) is 33.6 Å². The van der Waals surface area contributed by atoms with Crippen molar-refractivity contribution in [1.82, 2.24) is 4.98 Å². The Hall–Kier alpha value is -1.50. The van der Waals surface area contributed by atoms with Crippen molar-refractivity contribution in [3.63, 3.8) is 0 Å². The second-order valence-corrected chi connectivity index (χ2v) is 7.25. The zero-order valence-corrected chi connectivity index (χ0v) is 13.5. The minimum Gasteiger partial charge on any atom is -0.361 e. The van der Waals surface area contributed by atoms with E-state index in [-0.39, 0.29) is 5.41 Å². The van der Waals surface area contributed by atoms with Gasteiger partial charge in [-0.15, -0.1) is 0 Å². The van der Waals surface area contributed by atoms with Gasteiger partial charge in [-0.3, -0.25) is 0 Å². The van der Waals surface area contributed by atoms with E-state index in [0.29, 0.717) is 11.8 Å². The molecule has 0 saturated heterocycles. The summed E-state index contributed by atoms with van der Waals surface area (Å²) in [6, 6.07) is 9.36. The summed E-state index contributed by atoms with van der Waals surface area (Å²) in [4.78, 5) is 3.68. The van der Waals surface area contributed by atoms with Gasteiger partial charge in [0.15, 0.2) is 0 Å². The van der Waals surface area contributed by atoms with E-state index in [9.17, 15) is 0 Å². The van der Waals surface area contributed by atoms with Crippen LogP contribution in [0.2, 0.25) is 0 Å². The van der Waals surface area contributed by atoms with Gasteiger partial charge in [0.25, 0.3) is 0 Å². The van der Waals surface area contributed by atoms with Gasteiger partial charge in [0.2, 0.25) is 0 Å². The third-order valence-electron chi connectivity index (χ3n) is 4.76. The molecule has 0 atom stereocenters. The first-order chi connectivity index (χ1) is 9.32. The second kappa shape index (κ2) is 4.25. The highest BCUT2D eigenvalue weighted by atomic mass is 14.8. The summed E-state index contributed by atoms with van der Waals surface area (Å²) in [6.07, 6.45) is 0. The number of nitrogens with one attached hydrogen (secondary N) is 1. The highest BCUT2D eigenvalue weighted by Gasteiger charge is 2.37. The molecule has 1 aromatic heterocycles. The molecule has 0 aliphatic heterocycles. The first kappa shape index (κ1) is 13.5. The maximum atomic E-state index is 3.68. The van der Waals surface area contributed by atoms with Crippen LogP contribution < -0.4 is 0 Å². The van der Waals surface area contributed by atoms with Crippen LogP contribution in [0.3, 0.4) is 0 Å². The molecular weight excluding hydrogens is 242 g/mol. The Morgan fingerprint density at radius 2 is 1.60 bits per heavy atom. The lowest BCUT2D eigenvalue weighted by atomic mass is 9.83. The minimum absolute atomic E-state index is 0.0860. The lowest BCUT2D eigenvalue weighted by Gasteiger charge is -2.22. The lowest BCUT2D eigenvalue weighted by Crippen LogP contribution is -2.16. The summed E-state index contributed by atoms with van der Waals surface area (Å²) in [5.41, 5.74) is 8.55. The van der Waals surface area contributed by atoms with Crippen molar-refractivity contribution >= 4 is 0 Å². The normalized spacial score (nSPS) is 15.8. The van der Waals surface area contributed by atoms with E-state index in [4.69, 9.17) is 0 Å². The summed E-state index contributed by atoms with van der Waals surface area (Å²) >= 11 is 0. The van der Waals surface area contributed by atoms with Crippen LogP contribution in [0, 0.1) is 0 Å².